The van der Waals surface area contributed by atoms with Gasteiger partial charge in [-0.05, 0) is 36.2 Å². The zero-order valence-electron chi connectivity index (χ0n) is 11.9. The topological polar surface area (TPSA) is 87.0 Å². The van der Waals surface area contributed by atoms with E-state index in [0.717, 1.165) is 12.0 Å². The van der Waals surface area contributed by atoms with Crippen molar-refractivity contribution in [3.8, 4) is 0 Å². The standard InChI is InChI=1S/C15H22O5/c1-14-4-3-11(18)15(2,7-16)10(14)5-9(17)12-8(14)6-20-13(12)19/h9-11,16-18H,3-7H2,1-2H3. The van der Waals surface area contributed by atoms with Gasteiger partial charge in [0.15, 0.2) is 0 Å². The molecule has 3 N–H and O–H groups in total. The highest BCUT2D eigenvalue weighted by Gasteiger charge is 2.59. The Labute approximate surface area is 118 Å². The molecule has 2 aliphatic carbocycles. The number of esters is 1. The minimum Gasteiger partial charge on any atom is -0.458 e. The molecule has 0 spiro atoms. The van der Waals surface area contributed by atoms with Gasteiger partial charge in [0.05, 0.1) is 24.4 Å². The first-order chi connectivity index (χ1) is 9.34. The summed E-state index contributed by atoms with van der Waals surface area (Å²) in [5.41, 5.74) is 0.341. The van der Waals surface area contributed by atoms with Crippen LogP contribution in [-0.4, -0.2) is 46.7 Å². The van der Waals surface area contributed by atoms with Crippen molar-refractivity contribution >= 4 is 5.97 Å². The third-order valence-electron chi connectivity index (χ3n) is 5.98. The van der Waals surface area contributed by atoms with E-state index >= 15 is 0 Å². The number of aliphatic hydroxyl groups excluding tert-OH is 3. The Bertz CT molecular complexity index is 485. The summed E-state index contributed by atoms with van der Waals surface area (Å²) < 4.78 is 5.12. The minimum atomic E-state index is -0.853. The molecule has 0 aromatic carbocycles. The number of rotatable bonds is 1. The van der Waals surface area contributed by atoms with E-state index in [1.165, 1.54) is 0 Å². The van der Waals surface area contributed by atoms with Crippen LogP contribution in [0, 0.1) is 16.7 Å². The molecule has 20 heavy (non-hydrogen) atoms. The summed E-state index contributed by atoms with van der Waals surface area (Å²) >= 11 is 0. The number of hydrogen-bond donors (Lipinski definition) is 3. The van der Waals surface area contributed by atoms with Crippen LogP contribution in [0.4, 0.5) is 0 Å². The normalized spacial score (nSPS) is 47.9. The third kappa shape index (κ3) is 1.57. The van der Waals surface area contributed by atoms with Crippen molar-refractivity contribution in [2.24, 2.45) is 16.7 Å². The van der Waals surface area contributed by atoms with Crippen LogP contribution in [0.5, 0.6) is 0 Å². The predicted molar refractivity (Wildman–Crippen MR) is 70.6 cm³/mol. The van der Waals surface area contributed by atoms with E-state index in [-0.39, 0.29) is 24.5 Å². The molecule has 0 amide bonds. The quantitative estimate of drug-likeness (QED) is 0.605. The van der Waals surface area contributed by atoms with Crippen molar-refractivity contribution in [3.05, 3.63) is 11.1 Å². The number of cyclic esters (lactones) is 1. The van der Waals surface area contributed by atoms with Gasteiger partial charge in [-0.15, -0.1) is 0 Å². The second kappa shape index (κ2) is 4.29. The molecule has 0 aromatic rings. The van der Waals surface area contributed by atoms with Crippen LogP contribution < -0.4 is 0 Å². The van der Waals surface area contributed by atoms with E-state index in [2.05, 4.69) is 6.92 Å². The molecule has 5 heteroatoms. The van der Waals surface area contributed by atoms with Crippen LogP contribution in [0.1, 0.15) is 33.1 Å². The molecule has 1 aliphatic heterocycles. The Balaban J connectivity index is 2.11. The van der Waals surface area contributed by atoms with E-state index in [1.54, 1.807) is 0 Å². The Morgan fingerprint density at radius 1 is 1.35 bits per heavy atom. The average molecular weight is 282 g/mol. The largest absolute Gasteiger partial charge is 0.458 e. The van der Waals surface area contributed by atoms with E-state index in [4.69, 9.17) is 4.74 Å². The van der Waals surface area contributed by atoms with Gasteiger partial charge in [-0.25, -0.2) is 4.79 Å². The molecular weight excluding hydrogens is 260 g/mol. The number of aliphatic hydroxyl groups is 3. The van der Waals surface area contributed by atoms with E-state index in [9.17, 15) is 20.1 Å². The monoisotopic (exact) mass is 282 g/mol. The van der Waals surface area contributed by atoms with Crippen LogP contribution in [0.15, 0.2) is 11.1 Å². The molecule has 112 valence electrons. The van der Waals surface area contributed by atoms with Crippen molar-refractivity contribution in [1.82, 2.24) is 0 Å². The molecule has 5 atom stereocenters. The van der Waals surface area contributed by atoms with Crippen molar-refractivity contribution in [2.45, 2.75) is 45.3 Å². The zero-order chi connectivity index (χ0) is 14.7. The fourth-order valence-corrected chi connectivity index (χ4v) is 4.57. The van der Waals surface area contributed by atoms with Crippen LogP contribution in [0.25, 0.3) is 0 Å². The highest BCUT2D eigenvalue weighted by molar-refractivity contribution is 5.93. The van der Waals surface area contributed by atoms with Gasteiger partial charge >= 0.3 is 5.97 Å². The molecule has 1 fully saturated rings. The Hall–Kier alpha value is -0.910. The first-order valence-corrected chi connectivity index (χ1v) is 7.22. The lowest BCUT2D eigenvalue weighted by atomic mass is 9.49. The Kier molecular flexibility index (Phi) is 3.01. The molecule has 0 bridgehead atoms. The Morgan fingerprint density at radius 2 is 2.05 bits per heavy atom. The molecule has 0 radical (unpaired) electrons. The SMILES string of the molecule is CC12CCC(O)C(C)(CO)C1CC(O)C1=C2COC1=O. The number of hydrogen-bond acceptors (Lipinski definition) is 5. The smallest absolute Gasteiger partial charge is 0.337 e. The van der Waals surface area contributed by atoms with Crippen LogP contribution >= 0.6 is 0 Å². The second-order valence-corrected chi connectivity index (χ2v) is 6.91. The summed E-state index contributed by atoms with van der Waals surface area (Å²) in [6.07, 6.45) is 0.285. The molecule has 0 saturated heterocycles. The van der Waals surface area contributed by atoms with Gasteiger partial charge < -0.3 is 20.1 Å². The predicted octanol–water partition coefficient (Wildman–Crippen LogP) is 0.380. The summed E-state index contributed by atoms with van der Waals surface area (Å²) in [6, 6.07) is 0. The Morgan fingerprint density at radius 3 is 2.70 bits per heavy atom. The zero-order valence-corrected chi connectivity index (χ0v) is 11.9. The summed E-state index contributed by atoms with van der Waals surface area (Å²) in [4.78, 5) is 11.8. The fraction of sp³-hybridized carbons (Fsp3) is 0.800. The summed E-state index contributed by atoms with van der Waals surface area (Å²) in [7, 11) is 0. The summed E-state index contributed by atoms with van der Waals surface area (Å²) in [5.74, 6) is -0.476. The molecule has 5 unspecified atom stereocenters. The number of carbonyl (C=O) groups excluding carboxylic acids is 1. The van der Waals surface area contributed by atoms with Crippen LogP contribution in [0.2, 0.25) is 0 Å². The van der Waals surface area contributed by atoms with Crippen LogP contribution in [-0.2, 0) is 9.53 Å². The maximum absolute atomic E-state index is 11.8. The molecule has 5 nitrogen and oxygen atoms in total. The van der Waals surface area contributed by atoms with Crippen molar-refractivity contribution in [3.63, 3.8) is 0 Å². The van der Waals surface area contributed by atoms with Gasteiger partial charge in [0.25, 0.3) is 0 Å². The summed E-state index contributed by atoms with van der Waals surface area (Å²) in [6.45, 7) is 4.05. The minimum absolute atomic E-state index is 0.0630. The maximum Gasteiger partial charge on any atom is 0.337 e. The first kappa shape index (κ1) is 14.0. The van der Waals surface area contributed by atoms with Crippen molar-refractivity contribution in [1.29, 1.82) is 0 Å². The van der Waals surface area contributed by atoms with Crippen molar-refractivity contribution in [2.75, 3.05) is 13.2 Å². The summed E-state index contributed by atoms with van der Waals surface area (Å²) in [5, 5.41) is 30.4. The number of fused-ring (bicyclic) bond motifs is 2. The first-order valence-electron chi connectivity index (χ1n) is 7.22. The fourth-order valence-electron chi connectivity index (χ4n) is 4.57. The number of ether oxygens (including phenoxy) is 1. The van der Waals surface area contributed by atoms with E-state index in [1.807, 2.05) is 6.92 Å². The van der Waals surface area contributed by atoms with Crippen LogP contribution in [0.3, 0.4) is 0 Å². The lowest BCUT2D eigenvalue weighted by Gasteiger charge is -2.56. The van der Waals surface area contributed by atoms with Gasteiger partial charge in [0.2, 0.25) is 0 Å². The second-order valence-electron chi connectivity index (χ2n) is 6.91. The molecule has 3 aliphatic rings. The third-order valence-corrected chi connectivity index (χ3v) is 5.98. The van der Waals surface area contributed by atoms with Gasteiger partial charge in [-0.2, -0.15) is 0 Å². The molecule has 1 heterocycles. The molecule has 1 saturated carbocycles. The van der Waals surface area contributed by atoms with Crippen molar-refractivity contribution < 1.29 is 24.9 Å². The van der Waals surface area contributed by atoms with Gasteiger partial charge in [-0.1, -0.05) is 13.8 Å². The lowest BCUT2D eigenvalue weighted by molar-refractivity contribution is -0.137. The molecular formula is C15H22O5. The van der Waals surface area contributed by atoms with Gasteiger partial charge in [-0.3, -0.25) is 0 Å². The average Bonchev–Trinajstić information content (AvgIpc) is 2.81. The highest BCUT2D eigenvalue weighted by atomic mass is 16.5. The molecule has 0 aromatic heterocycles. The van der Waals surface area contributed by atoms with Gasteiger partial charge in [0, 0.05) is 5.41 Å². The number of carbonyl (C=O) groups is 1. The maximum atomic E-state index is 11.8. The molecule has 3 rings (SSSR count). The van der Waals surface area contributed by atoms with E-state index < -0.39 is 23.6 Å². The lowest BCUT2D eigenvalue weighted by Crippen LogP contribution is -2.57. The van der Waals surface area contributed by atoms with E-state index in [0.29, 0.717) is 18.4 Å². The highest BCUT2D eigenvalue weighted by Crippen LogP contribution is 2.60. The van der Waals surface area contributed by atoms with Gasteiger partial charge in [0.1, 0.15) is 6.61 Å².